The van der Waals surface area contributed by atoms with E-state index in [0.29, 0.717) is 17.0 Å². The van der Waals surface area contributed by atoms with Crippen molar-refractivity contribution in [2.24, 2.45) is 11.0 Å². The Labute approximate surface area is 182 Å². The molecule has 0 saturated heterocycles. The van der Waals surface area contributed by atoms with Crippen LogP contribution in [0.15, 0.2) is 84.0 Å². The molecule has 1 saturated carbocycles. The van der Waals surface area contributed by atoms with Crippen molar-refractivity contribution in [1.82, 2.24) is 5.43 Å². The second-order valence-electron chi connectivity index (χ2n) is 7.88. The number of carbonyl (C=O) groups is 2. The monoisotopic (exact) mass is 411 g/mol. The van der Waals surface area contributed by atoms with Crippen molar-refractivity contribution in [3.63, 3.8) is 0 Å². The van der Waals surface area contributed by atoms with E-state index >= 15 is 0 Å². The third kappa shape index (κ3) is 4.89. The Bertz CT molecular complexity index is 1140. The molecule has 3 aromatic carbocycles. The van der Waals surface area contributed by atoms with Gasteiger partial charge >= 0.3 is 0 Å². The molecular weight excluding hydrogens is 386 g/mol. The van der Waals surface area contributed by atoms with E-state index in [-0.39, 0.29) is 23.7 Å². The van der Waals surface area contributed by atoms with Crippen LogP contribution in [0.25, 0.3) is 0 Å². The van der Waals surface area contributed by atoms with Crippen molar-refractivity contribution in [3.8, 4) is 0 Å². The first-order valence-electron chi connectivity index (χ1n) is 10.4. The van der Waals surface area contributed by atoms with E-state index in [1.165, 1.54) is 5.56 Å². The van der Waals surface area contributed by atoms with Crippen LogP contribution in [0, 0.1) is 12.8 Å². The van der Waals surface area contributed by atoms with Crippen LogP contribution < -0.4 is 10.7 Å². The van der Waals surface area contributed by atoms with Crippen LogP contribution in [-0.2, 0) is 4.79 Å². The summed E-state index contributed by atoms with van der Waals surface area (Å²) < 4.78 is 0. The van der Waals surface area contributed by atoms with E-state index in [1.54, 1.807) is 6.07 Å². The van der Waals surface area contributed by atoms with Crippen LogP contribution in [0.2, 0.25) is 0 Å². The molecule has 0 heterocycles. The lowest BCUT2D eigenvalue weighted by Gasteiger charge is -2.09. The summed E-state index contributed by atoms with van der Waals surface area (Å²) in [6.07, 6.45) is 0.852. The molecule has 0 aromatic heterocycles. The molecule has 5 nitrogen and oxygen atoms in total. The van der Waals surface area contributed by atoms with Gasteiger partial charge in [-0.25, -0.2) is 5.43 Å². The maximum absolute atomic E-state index is 12.6. The molecule has 1 aliphatic carbocycles. The highest BCUT2D eigenvalue weighted by Crippen LogP contribution is 2.47. The molecule has 31 heavy (non-hydrogen) atoms. The van der Waals surface area contributed by atoms with Gasteiger partial charge in [0.05, 0.1) is 5.71 Å². The first-order valence-corrected chi connectivity index (χ1v) is 10.4. The number of amides is 2. The van der Waals surface area contributed by atoms with Gasteiger partial charge in [0.1, 0.15) is 0 Å². The quantitative estimate of drug-likeness (QED) is 0.448. The second kappa shape index (κ2) is 8.96. The number of benzene rings is 3. The van der Waals surface area contributed by atoms with E-state index < -0.39 is 0 Å². The first kappa shape index (κ1) is 20.5. The molecule has 0 aliphatic heterocycles. The van der Waals surface area contributed by atoms with Crippen molar-refractivity contribution >= 4 is 23.2 Å². The minimum Gasteiger partial charge on any atom is -0.322 e. The highest BCUT2D eigenvalue weighted by molar-refractivity contribution is 6.06. The van der Waals surface area contributed by atoms with Crippen LogP contribution >= 0.6 is 0 Å². The molecule has 0 spiro atoms. The number of rotatable bonds is 6. The Kier molecular flexibility index (Phi) is 5.94. The van der Waals surface area contributed by atoms with Gasteiger partial charge in [0.25, 0.3) is 5.91 Å². The number of carbonyl (C=O) groups excluding carboxylic acids is 2. The van der Waals surface area contributed by atoms with Crippen LogP contribution in [0.5, 0.6) is 0 Å². The van der Waals surface area contributed by atoms with Crippen LogP contribution in [0.1, 0.15) is 46.3 Å². The predicted molar refractivity (Wildman–Crippen MR) is 123 cm³/mol. The Hall–Kier alpha value is -3.73. The summed E-state index contributed by atoms with van der Waals surface area (Å²) in [6, 6.07) is 25.0. The average Bonchev–Trinajstić information content (AvgIpc) is 3.59. The van der Waals surface area contributed by atoms with Gasteiger partial charge in [0, 0.05) is 17.2 Å². The number of hydrogen-bond acceptors (Lipinski definition) is 3. The van der Waals surface area contributed by atoms with Gasteiger partial charge in [-0.05, 0) is 61.1 Å². The molecule has 2 amide bonds. The van der Waals surface area contributed by atoms with Gasteiger partial charge in [-0.2, -0.15) is 5.10 Å². The lowest BCUT2D eigenvalue weighted by atomic mass is 10.1. The molecule has 0 radical (unpaired) electrons. The van der Waals surface area contributed by atoms with Crippen LogP contribution in [0.3, 0.4) is 0 Å². The zero-order valence-electron chi connectivity index (χ0n) is 17.6. The Morgan fingerprint density at radius 1 is 0.935 bits per heavy atom. The molecule has 2 N–H and O–H groups in total. The number of nitrogens with zero attached hydrogens (tertiary/aromatic N) is 1. The molecule has 156 valence electrons. The molecule has 5 heteroatoms. The molecule has 0 unspecified atom stereocenters. The zero-order valence-corrected chi connectivity index (χ0v) is 17.6. The van der Waals surface area contributed by atoms with Crippen molar-refractivity contribution in [2.45, 2.75) is 26.2 Å². The van der Waals surface area contributed by atoms with Gasteiger partial charge in [-0.3, -0.25) is 9.59 Å². The van der Waals surface area contributed by atoms with E-state index in [2.05, 4.69) is 28.0 Å². The lowest BCUT2D eigenvalue weighted by Crippen LogP contribution is -2.21. The molecule has 0 bridgehead atoms. The van der Waals surface area contributed by atoms with Crippen molar-refractivity contribution in [1.29, 1.82) is 0 Å². The molecule has 1 fully saturated rings. The van der Waals surface area contributed by atoms with Gasteiger partial charge in [0.15, 0.2) is 0 Å². The summed E-state index contributed by atoms with van der Waals surface area (Å²) in [5.41, 5.74) is 7.64. The third-order valence-electron chi connectivity index (χ3n) is 5.62. The van der Waals surface area contributed by atoms with Gasteiger partial charge in [-0.15, -0.1) is 0 Å². The minimum atomic E-state index is -0.154. The fraction of sp³-hybridized carbons (Fsp3) is 0.192. The number of anilines is 1. The average molecular weight is 412 g/mol. The normalized spacial score (nSPS) is 17.7. The molecule has 1 aliphatic rings. The summed E-state index contributed by atoms with van der Waals surface area (Å²) in [5, 5.41) is 7.21. The highest BCUT2D eigenvalue weighted by Gasteiger charge is 2.43. The summed E-state index contributed by atoms with van der Waals surface area (Å²) in [7, 11) is 0. The maximum Gasteiger partial charge on any atom is 0.255 e. The molecule has 4 rings (SSSR count). The number of hydrogen-bond donors (Lipinski definition) is 2. The Balaban J connectivity index is 1.38. The number of aryl methyl sites for hydroxylation is 1. The van der Waals surface area contributed by atoms with E-state index in [1.807, 2.05) is 74.5 Å². The van der Waals surface area contributed by atoms with Gasteiger partial charge < -0.3 is 5.32 Å². The summed E-state index contributed by atoms with van der Waals surface area (Å²) >= 11 is 0. The fourth-order valence-corrected chi connectivity index (χ4v) is 3.69. The summed E-state index contributed by atoms with van der Waals surface area (Å²) in [4.78, 5) is 25.0. The number of hydrazone groups is 1. The van der Waals surface area contributed by atoms with Crippen LogP contribution in [0.4, 0.5) is 5.69 Å². The summed E-state index contributed by atoms with van der Waals surface area (Å²) in [5.74, 6) is 0.0337. The Morgan fingerprint density at radius 3 is 2.45 bits per heavy atom. The molecular formula is C26H25N3O2. The van der Waals surface area contributed by atoms with Crippen molar-refractivity contribution < 1.29 is 9.59 Å². The van der Waals surface area contributed by atoms with E-state index in [9.17, 15) is 9.59 Å². The third-order valence-corrected chi connectivity index (χ3v) is 5.62. The topological polar surface area (TPSA) is 70.6 Å². The maximum atomic E-state index is 12.6. The number of nitrogens with one attached hydrogen (secondary N) is 2. The lowest BCUT2D eigenvalue weighted by molar-refractivity contribution is -0.122. The molecule has 2 atom stereocenters. The second-order valence-corrected chi connectivity index (χ2v) is 7.88. The predicted octanol–water partition coefficient (Wildman–Crippen LogP) is 4.89. The van der Waals surface area contributed by atoms with Crippen LogP contribution in [-0.4, -0.2) is 17.5 Å². The van der Waals surface area contributed by atoms with Crippen molar-refractivity contribution in [2.75, 3.05) is 5.32 Å². The first-order chi connectivity index (χ1) is 15.0. The zero-order chi connectivity index (χ0) is 21.8. The molecule has 3 aromatic rings. The van der Waals surface area contributed by atoms with Gasteiger partial charge in [-0.1, -0.05) is 60.7 Å². The minimum absolute atomic E-state index is 0.0290. The highest BCUT2D eigenvalue weighted by atomic mass is 16.2. The van der Waals surface area contributed by atoms with E-state index in [4.69, 9.17) is 0 Å². The van der Waals surface area contributed by atoms with E-state index in [0.717, 1.165) is 17.5 Å². The largest absolute Gasteiger partial charge is 0.322 e. The fourth-order valence-electron chi connectivity index (χ4n) is 3.69. The Morgan fingerprint density at radius 2 is 1.68 bits per heavy atom. The summed E-state index contributed by atoms with van der Waals surface area (Å²) in [6.45, 7) is 3.75. The standard InChI is InChI=1S/C26H25N3O2/c1-17-9-6-7-14-22(17)25(30)27-21-13-8-12-20(15-21)18(2)28-29-26(31)24-16-23(24)19-10-4-3-5-11-19/h3-15,23-24H,16H2,1-2H3,(H,27,30)(H,29,31)/b28-18-/t23-,24-/m0/s1. The SMILES string of the molecule is C/C(=N/NC(=O)[C@H]1C[C@H]1c1ccccc1)c1cccc(NC(=O)c2ccccc2C)c1. The smallest absolute Gasteiger partial charge is 0.255 e. The van der Waals surface area contributed by atoms with Gasteiger partial charge in [0.2, 0.25) is 5.91 Å². The van der Waals surface area contributed by atoms with Crippen molar-refractivity contribution in [3.05, 3.63) is 101 Å².